The van der Waals surface area contributed by atoms with Crippen LogP contribution in [0.15, 0.2) is 11.6 Å². The van der Waals surface area contributed by atoms with Gasteiger partial charge in [-0.15, -0.1) is 0 Å². The SMILES string of the molecule is CCCCC(C)C1=CC2CC1CC2CCCC. The fraction of sp³-hybridized carbons (Fsp3) is 0.882. The monoisotopic (exact) mass is 234 g/mol. The van der Waals surface area contributed by atoms with Gasteiger partial charge >= 0.3 is 0 Å². The first-order valence-corrected chi connectivity index (χ1v) is 7.97. The molecule has 0 N–H and O–H groups in total. The molecule has 0 aromatic carbocycles. The van der Waals surface area contributed by atoms with E-state index in [9.17, 15) is 0 Å². The van der Waals surface area contributed by atoms with Crippen LogP contribution >= 0.6 is 0 Å². The Labute approximate surface area is 108 Å². The van der Waals surface area contributed by atoms with Gasteiger partial charge in [-0.2, -0.15) is 0 Å². The zero-order valence-corrected chi connectivity index (χ0v) is 12.0. The van der Waals surface area contributed by atoms with Crippen LogP contribution in [0.3, 0.4) is 0 Å². The fourth-order valence-corrected chi connectivity index (χ4v) is 4.06. The number of hydrogen-bond donors (Lipinski definition) is 0. The summed E-state index contributed by atoms with van der Waals surface area (Å²) in [6.07, 6.45) is 14.2. The van der Waals surface area contributed by atoms with E-state index in [1.807, 2.05) is 5.57 Å². The third kappa shape index (κ3) is 2.95. The standard InChI is InChI=1S/C17H30/c1-4-6-8-13(3)17-12-15-11-16(17)10-14(15)9-7-5-2/h12-16H,4-11H2,1-3H3. The van der Waals surface area contributed by atoms with Crippen molar-refractivity contribution in [3.8, 4) is 0 Å². The van der Waals surface area contributed by atoms with Crippen LogP contribution in [0.1, 0.15) is 72.1 Å². The zero-order chi connectivity index (χ0) is 12.3. The van der Waals surface area contributed by atoms with E-state index in [2.05, 4.69) is 26.8 Å². The van der Waals surface area contributed by atoms with Crippen LogP contribution in [-0.4, -0.2) is 0 Å². The van der Waals surface area contributed by atoms with Crippen molar-refractivity contribution >= 4 is 0 Å². The van der Waals surface area contributed by atoms with Gasteiger partial charge in [-0.25, -0.2) is 0 Å². The van der Waals surface area contributed by atoms with Crippen molar-refractivity contribution in [1.29, 1.82) is 0 Å². The zero-order valence-electron chi connectivity index (χ0n) is 12.0. The second-order valence-corrected chi connectivity index (χ2v) is 6.44. The number of allylic oxidation sites excluding steroid dienone is 2. The topological polar surface area (TPSA) is 0 Å². The minimum absolute atomic E-state index is 0.872. The Morgan fingerprint density at radius 3 is 2.53 bits per heavy atom. The first kappa shape index (κ1) is 13.2. The van der Waals surface area contributed by atoms with Crippen LogP contribution in [0.25, 0.3) is 0 Å². The highest BCUT2D eigenvalue weighted by atomic mass is 14.5. The largest absolute Gasteiger partial charge is 0.0814 e. The minimum atomic E-state index is 0.872. The lowest BCUT2D eigenvalue weighted by molar-refractivity contribution is 0.386. The second-order valence-electron chi connectivity index (χ2n) is 6.44. The highest BCUT2D eigenvalue weighted by molar-refractivity contribution is 5.23. The van der Waals surface area contributed by atoms with Crippen molar-refractivity contribution in [2.75, 3.05) is 0 Å². The molecule has 0 aliphatic heterocycles. The molecule has 0 saturated heterocycles. The second kappa shape index (κ2) is 6.07. The molecule has 2 aliphatic carbocycles. The van der Waals surface area contributed by atoms with Crippen molar-refractivity contribution in [3.63, 3.8) is 0 Å². The minimum Gasteiger partial charge on any atom is -0.0814 e. The molecule has 2 rings (SSSR count). The summed E-state index contributed by atoms with van der Waals surface area (Å²) in [4.78, 5) is 0. The fourth-order valence-electron chi connectivity index (χ4n) is 4.06. The molecule has 2 bridgehead atoms. The number of fused-ring (bicyclic) bond motifs is 2. The quantitative estimate of drug-likeness (QED) is 0.504. The van der Waals surface area contributed by atoms with Gasteiger partial charge in [0.2, 0.25) is 0 Å². The first-order chi connectivity index (χ1) is 8.26. The molecule has 2 aliphatic rings. The molecule has 4 atom stereocenters. The summed E-state index contributed by atoms with van der Waals surface area (Å²) in [6, 6.07) is 0. The number of unbranched alkanes of at least 4 members (excludes halogenated alkanes) is 2. The van der Waals surface area contributed by atoms with E-state index in [-0.39, 0.29) is 0 Å². The summed E-state index contributed by atoms with van der Waals surface area (Å²) in [5.41, 5.74) is 1.84. The van der Waals surface area contributed by atoms with Crippen LogP contribution in [-0.2, 0) is 0 Å². The lowest BCUT2D eigenvalue weighted by Crippen LogP contribution is -2.13. The summed E-state index contributed by atoms with van der Waals surface area (Å²) in [7, 11) is 0. The van der Waals surface area contributed by atoms with E-state index < -0.39 is 0 Å². The van der Waals surface area contributed by atoms with E-state index in [0.29, 0.717) is 0 Å². The third-order valence-electron chi connectivity index (χ3n) is 5.12. The lowest BCUT2D eigenvalue weighted by Gasteiger charge is -2.25. The Hall–Kier alpha value is -0.260. The molecule has 0 radical (unpaired) electrons. The van der Waals surface area contributed by atoms with Crippen molar-refractivity contribution in [2.45, 2.75) is 72.1 Å². The Morgan fingerprint density at radius 2 is 1.94 bits per heavy atom. The van der Waals surface area contributed by atoms with E-state index in [1.165, 1.54) is 51.4 Å². The van der Waals surface area contributed by atoms with Crippen LogP contribution in [0.2, 0.25) is 0 Å². The van der Waals surface area contributed by atoms with Crippen molar-refractivity contribution < 1.29 is 0 Å². The van der Waals surface area contributed by atoms with Gasteiger partial charge < -0.3 is 0 Å². The van der Waals surface area contributed by atoms with E-state index in [0.717, 1.165) is 23.7 Å². The lowest BCUT2D eigenvalue weighted by atomic mass is 9.81. The van der Waals surface area contributed by atoms with Gasteiger partial charge in [0.15, 0.2) is 0 Å². The molecular formula is C17H30. The predicted molar refractivity (Wildman–Crippen MR) is 76.0 cm³/mol. The van der Waals surface area contributed by atoms with Gasteiger partial charge in [0.25, 0.3) is 0 Å². The molecule has 17 heavy (non-hydrogen) atoms. The molecule has 0 amide bonds. The van der Waals surface area contributed by atoms with Crippen LogP contribution < -0.4 is 0 Å². The van der Waals surface area contributed by atoms with Gasteiger partial charge in [-0.05, 0) is 49.4 Å². The van der Waals surface area contributed by atoms with Crippen LogP contribution in [0, 0.1) is 23.7 Å². The van der Waals surface area contributed by atoms with Gasteiger partial charge in [-0.3, -0.25) is 0 Å². The molecule has 0 aromatic rings. The highest BCUT2D eigenvalue weighted by Gasteiger charge is 2.40. The maximum atomic E-state index is 2.69. The van der Waals surface area contributed by atoms with Gasteiger partial charge in [0, 0.05) is 0 Å². The maximum Gasteiger partial charge on any atom is -0.0192 e. The molecule has 0 aromatic heterocycles. The third-order valence-corrected chi connectivity index (χ3v) is 5.12. The first-order valence-electron chi connectivity index (χ1n) is 7.97. The van der Waals surface area contributed by atoms with E-state index in [1.54, 1.807) is 0 Å². The maximum absolute atomic E-state index is 2.69. The Balaban J connectivity index is 1.86. The van der Waals surface area contributed by atoms with Crippen molar-refractivity contribution in [1.82, 2.24) is 0 Å². The number of rotatable bonds is 7. The average Bonchev–Trinajstić information content (AvgIpc) is 2.92. The molecule has 0 spiro atoms. The smallest absolute Gasteiger partial charge is 0.0192 e. The molecule has 98 valence electrons. The number of hydrogen-bond acceptors (Lipinski definition) is 0. The normalized spacial score (nSPS) is 32.9. The van der Waals surface area contributed by atoms with Gasteiger partial charge in [-0.1, -0.05) is 58.1 Å². The molecule has 1 fully saturated rings. The van der Waals surface area contributed by atoms with Crippen LogP contribution in [0.4, 0.5) is 0 Å². The van der Waals surface area contributed by atoms with Gasteiger partial charge in [0.05, 0.1) is 0 Å². The summed E-state index contributed by atoms with van der Waals surface area (Å²) in [5, 5.41) is 0. The molecule has 0 heterocycles. The summed E-state index contributed by atoms with van der Waals surface area (Å²) < 4.78 is 0. The molecule has 0 heteroatoms. The predicted octanol–water partition coefficient (Wildman–Crippen LogP) is 5.59. The van der Waals surface area contributed by atoms with Gasteiger partial charge in [0.1, 0.15) is 0 Å². The molecular weight excluding hydrogens is 204 g/mol. The van der Waals surface area contributed by atoms with E-state index in [4.69, 9.17) is 0 Å². The Morgan fingerprint density at radius 1 is 1.18 bits per heavy atom. The molecule has 0 nitrogen and oxygen atoms in total. The highest BCUT2D eigenvalue weighted by Crippen LogP contribution is 2.51. The Bertz CT molecular complexity index is 263. The summed E-state index contributed by atoms with van der Waals surface area (Å²) in [5.74, 6) is 3.86. The van der Waals surface area contributed by atoms with E-state index >= 15 is 0 Å². The molecule has 1 saturated carbocycles. The molecule has 4 unspecified atom stereocenters. The average molecular weight is 234 g/mol. The summed E-state index contributed by atoms with van der Waals surface area (Å²) in [6.45, 7) is 7.09. The summed E-state index contributed by atoms with van der Waals surface area (Å²) >= 11 is 0. The van der Waals surface area contributed by atoms with Crippen LogP contribution in [0.5, 0.6) is 0 Å². The Kier molecular flexibility index (Phi) is 4.70. The van der Waals surface area contributed by atoms with Crippen molar-refractivity contribution in [3.05, 3.63) is 11.6 Å². The van der Waals surface area contributed by atoms with Crippen molar-refractivity contribution in [2.24, 2.45) is 23.7 Å².